The average molecular weight is 449 g/mol. The largest absolute Gasteiger partial charge is 0.375 e. The molecule has 0 radical (unpaired) electrons. The highest BCUT2D eigenvalue weighted by Crippen LogP contribution is 2.53. The number of aromatic nitrogens is 5. The number of imidazole rings is 1. The number of hydrogen-bond acceptors (Lipinski definition) is 5. The van der Waals surface area contributed by atoms with Gasteiger partial charge < -0.3 is 14.6 Å². The first-order valence-corrected chi connectivity index (χ1v) is 12.2. The number of nitrogens with zero attached hydrogens (tertiary/aromatic N) is 5. The molecule has 2 atom stereocenters. The monoisotopic (exact) mass is 448 g/mol. The van der Waals surface area contributed by atoms with Gasteiger partial charge in [-0.05, 0) is 68.8 Å². The number of aryl methyl sites for hydroxylation is 1. The van der Waals surface area contributed by atoms with Crippen LogP contribution in [0.4, 0.5) is 0 Å². The first-order valence-electron chi connectivity index (χ1n) is 12.2. The molecule has 5 aliphatic carbocycles. The zero-order valence-electron chi connectivity index (χ0n) is 19.3. The maximum atomic E-state index is 12.8. The molecule has 2 aromatic heterocycles. The fourth-order valence-corrected chi connectivity index (χ4v) is 6.94. The van der Waals surface area contributed by atoms with E-state index in [0.29, 0.717) is 17.9 Å². The Balaban J connectivity index is 1.10. The summed E-state index contributed by atoms with van der Waals surface area (Å²) in [5.41, 5.74) is 2.67. The van der Waals surface area contributed by atoms with Gasteiger partial charge in [-0.3, -0.25) is 4.79 Å². The summed E-state index contributed by atoms with van der Waals surface area (Å²) in [6, 6.07) is 0.394. The standard InChI is InChI=1S/C25H32N6O2/c1-15-11-30(14-26-15)22-4-3-18(10-23(22)33-2)21-12-31(29-28-21)13-24(32)27-25-19-6-16-5-17(8-19)9-20(25)7-16/h3-4,10-12,14,16-17,19-20,22-23,25H,5-9,13H2,1-2H3,(H,27,32). The molecule has 0 aliphatic heterocycles. The first kappa shape index (κ1) is 20.8. The van der Waals surface area contributed by atoms with Crippen molar-refractivity contribution in [3.63, 3.8) is 0 Å². The van der Waals surface area contributed by atoms with Gasteiger partial charge in [0.15, 0.2) is 0 Å². The van der Waals surface area contributed by atoms with E-state index in [1.165, 1.54) is 32.1 Å². The molecule has 0 saturated heterocycles. The van der Waals surface area contributed by atoms with Gasteiger partial charge in [0.05, 0.1) is 24.3 Å². The fraction of sp³-hybridized carbons (Fsp3) is 0.600. The third-order valence-corrected chi connectivity index (χ3v) is 8.19. The fourth-order valence-electron chi connectivity index (χ4n) is 6.94. The second kappa shape index (κ2) is 8.24. The highest BCUT2D eigenvalue weighted by molar-refractivity contribution is 5.76. The van der Waals surface area contributed by atoms with E-state index >= 15 is 0 Å². The number of ether oxygens (including phenoxy) is 1. The molecule has 4 bridgehead atoms. The number of nitrogens with one attached hydrogen (secondary N) is 1. The van der Waals surface area contributed by atoms with E-state index < -0.39 is 0 Å². The lowest BCUT2D eigenvalue weighted by Crippen LogP contribution is -2.56. The lowest BCUT2D eigenvalue weighted by Gasteiger charge is -2.54. The minimum absolute atomic E-state index is 0.0433. The van der Waals surface area contributed by atoms with Gasteiger partial charge in [0.2, 0.25) is 5.91 Å². The van der Waals surface area contributed by atoms with Crippen molar-refractivity contribution in [1.29, 1.82) is 0 Å². The third-order valence-electron chi connectivity index (χ3n) is 8.19. The Morgan fingerprint density at radius 3 is 2.58 bits per heavy atom. The zero-order valence-corrected chi connectivity index (χ0v) is 19.3. The first-order chi connectivity index (χ1) is 16.1. The molecule has 4 fully saturated rings. The summed E-state index contributed by atoms with van der Waals surface area (Å²) in [5, 5.41) is 11.9. The van der Waals surface area contributed by atoms with Crippen LogP contribution in [0.3, 0.4) is 0 Å². The van der Waals surface area contributed by atoms with Gasteiger partial charge >= 0.3 is 0 Å². The lowest BCUT2D eigenvalue weighted by molar-refractivity contribution is -0.125. The molecule has 2 heterocycles. The van der Waals surface area contributed by atoms with Crippen LogP contribution in [0.25, 0.3) is 5.57 Å². The number of methoxy groups -OCH3 is 1. The molecule has 8 heteroatoms. The predicted molar refractivity (Wildman–Crippen MR) is 123 cm³/mol. The quantitative estimate of drug-likeness (QED) is 0.734. The van der Waals surface area contributed by atoms with Crippen LogP contribution in [-0.4, -0.2) is 49.7 Å². The molecule has 0 aromatic carbocycles. The maximum absolute atomic E-state index is 12.8. The van der Waals surface area contributed by atoms with Crippen molar-refractivity contribution in [1.82, 2.24) is 29.9 Å². The van der Waals surface area contributed by atoms with Gasteiger partial charge in [-0.15, -0.1) is 5.10 Å². The number of carbonyl (C=O) groups excluding carboxylic acids is 1. The van der Waals surface area contributed by atoms with Crippen LogP contribution in [0.1, 0.15) is 49.5 Å². The molecule has 1 amide bonds. The van der Waals surface area contributed by atoms with E-state index in [4.69, 9.17) is 4.74 Å². The Hall–Kier alpha value is -2.74. The van der Waals surface area contributed by atoms with Crippen molar-refractivity contribution < 1.29 is 9.53 Å². The van der Waals surface area contributed by atoms with Crippen molar-refractivity contribution in [2.75, 3.05) is 7.11 Å². The summed E-state index contributed by atoms with van der Waals surface area (Å²) in [6.45, 7) is 2.18. The molecule has 2 unspecified atom stereocenters. The minimum Gasteiger partial charge on any atom is -0.375 e. The molecule has 8 nitrogen and oxygen atoms in total. The van der Waals surface area contributed by atoms with Crippen LogP contribution < -0.4 is 5.32 Å². The maximum Gasteiger partial charge on any atom is 0.242 e. The predicted octanol–water partition coefficient (Wildman–Crippen LogP) is 2.93. The summed E-state index contributed by atoms with van der Waals surface area (Å²) in [6.07, 6.45) is 18.4. The SMILES string of the molecule is COC1C=C(c2cn(CC(=O)NC3C4CC5CC(C4)CC3C5)nn2)C=CC1n1cnc(C)c1. The molecule has 33 heavy (non-hydrogen) atoms. The lowest BCUT2D eigenvalue weighted by atomic mass is 9.54. The van der Waals surface area contributed by atoms with E-state index in [1.54, 1.807) is 11.8 Å². The van der Waals surface area contributed by atoms with E-state index in [1.807, 2.05) is 31.7 Å². The number of amides is 1. The van der Waals surface area contributed by atoms with Crippen LogP contribution in [-0.2, 0) is 16.1 Å². The second-order valence-corrected chi connectivity index (χ2v) is 10.5. The third kappa shape index (κ3) is 3.94. The van der Waals surface area contributed by atoms with Crippen LogP contribution in [0.15, 0.2) is 36.9 Å². The van der Waals surface area contributed by atoms with Crippen LogP contribution in [0.5, 0.6) is 0 Å². The zero-order chi connectivity index (χ0) is 22.5. The molecule has 1 N–H and O–H groups in total. The van der Waals surface area contributed by atoms with Crippen molar-refractivity contribution in [3.8, 4) is 0 Å². The summed E-state index contributed by atoms with van der Waals surface area (Å²) in [4.78, 5) is 17.2. The van der Waals surface area contributed by atoms with Crippen LogP contribution >= 0.6 is 0 Å². The molecule has 2 aromatic rings. The van der Waals surface area contributed by atoms with Crippen LogP contribution in [0.2, 0.25) is 0 Å². The van der Waals surface area contributed by atoms with E-state index in [2.05, 4.69) is 37.3 Å². The van der Waals surface area contributed by atoms with Gasteiger partial charge in [0.25, 0.3) is 0 Å². The van der Waals surface area contributed by atoms with E-state index in [9.17, 15) is 4.79 Å². The van der Waals surface area contributed by atoms with Gasteiger partial charge in [0, 0.05) is 24.9 Å². The van der Waals surface area contributed by atoms with Gasteiger partial charge in [-0.2, -0.15) is 0 Å². The van der Waals surface area contributed by atoms with Crippen LogP contribution in [0, 0.1) is 30.6 Å². The Morgan fingerprint density at radius 1 is 1.15 bits per heavy atom. The molecule has 0 spiro atoms. The van der Waals surface area contributed by atoms with E-state index in [-0.39, 0.29) is 24.6 Å². The van der Waals surface area contributed by atoms with Crippen molar-refractivity contribution in [3.05, 3.63) is 48.3 Å². The van der Waals surface area contributed by atoms with Gasteiger partial charge in [0.1, 0.15) is 18.3 Å². The molecule has 7 rings (SSSR count). The Bertz CT molecular complexity index is 1070. The number of hydrogen-bond donors (Lipinski definition) is 1. The number of carbonyl (C=O) groups is 1. The molecular weight excluding hydrogens is 416 g/mol. The molecule has 174 valence electrons. The average Bonchev–Trinajstić information content (AvgIpc) is 3.44. The molecule has 5 aliphatic rings. The normalized spacial score (nSPS) is 34.5. The summed E-state index contributed by atoms with van der Waals surface area (Å²) < 4.78 is 9.42. The summed E-state index contributed by atoms with van der Waals surface area (Å²) >= 11 is 0. The smallest absolute Gasteiger partial charge is 0.242 e. The van der Waals surface area contributed by atoms with Gasteiger partial charge in [-0.25, -0.2) is 9.67 Å². The van der Waals surface area contributed by atoms with E-state index in [0.717, 1.165) is 28.8 Å². The number of rotatable bonds is 6. The Kier molecular flexibility index (Phi) is 5.20. The number of allylic oxidation sites excluding steroid dienone is 2. The minimum atomic E-state index is -0.135. The van der Waals surface area contributed by atoms with Crippen molar-refractivity contribution in [2.45, 2.75) is 63.8 Å². The summed E-state index contributed by atoms with van der Waals surface area (Å²) in [7, 11) is 1.71. The molecular formula is C25H32N6O2. The topological polar surface area (TPSA) is 86.9 Å². The Labute approximate surface area is 194 Å². The molecule has 4 saturated carbocycles. The summed E-state index contributed by atoms with van der Waals surface area (Å²) in [5.74, 6) is 3.20. The van der Waals surface area contributed by atoms with Crippen molar-refractivity contribution in [2.24, 2.45) is 23.7 Å². The second-order valence-electron chi connectivity index (χ2n) is 10.5. The Morgan fingerprint density at radius 2 is 1.91 bits per heavy atom. The van der Waals surface area contributed by atoms with Crippen molar-refractivity contribution >= 4 is 11.5 Å². The highest BCUT2D eigenvalue weighted by atomic mass is 16.5. The van der Waals surface area contributed by atoms with Gasteiger partial charge in [-0.1, -0.05) is 17.4 Å². The highest BCUT2D eigenvalue weighted by Gasteiger charge is 2.48.